The molecule has 2 atom stereocenters. The normalized spacial score (nSPS) is 21.0. The molecule has 0 bridgehead atoms. The van der Waals surface area contributed by atoms with Crippen molar-refractivity contribution >= 4 is 22.2 Å². The van der Waals surface area contributed by atoms with Gasteiger partial charge in [0, 0.05) is 32.1 Å². The van der Waals surface area contributed by atoms with Crippen LogP contribution in [0.2, 0.25) is 0 Å². The quantitative estimate of drug-likeness (QED) is 0.329. The molecule has 0 aromatic rings. The Bertz CT molecular complexity index is 819. The summed E-state index contributed by atoms with van der Waals surface area (Å²) < 4.78 is 76.3. The summed E-state index contributed by atoms with van der Waals surface area (Å²) in [5, 5.41) is 0. The molecule has 1 heterocycles. The van der Waals surface area contributed by atoms with Crippen LogP contribution in [-0.2, 0) is 28.6 Å². The molecule has 0 saturated heterocycles. The Morgan fingerprint density at radius 3 is 2.23 bits per heavy atom. The predicted octanol–water partition coefficient (Wildman–Crippen LogP) is 2.63. The monoisotopic (exact) mass is 474 g/mol. The van der Waals surface area contributed by atoms with Crippen LogP contribution in [0.15, 0.2) is 11.3 Å². The number of alkyl halides is 3. The Hall–Kier alpha value is -2.02. The number of ether oxygens (including phenoxy) is 2. The van der Waals surface area contributed by atoms with Crippen molar-refractivity contribution in [3.05, 3.63) is 11.3 Å². The van der Waals surface area contributed by atoms with Gasteiger partial charge in [-0.15, -0.1) is 0 Å². The Balaban J connectivity index is 3.27. The van der Waals surface area contributed by atoms with Crippen molar-refractivity contribution in [1.82, 2.24) is 9.80 Å². The summed E-state index contributed by atoms with van der Waals surface area (Å²) in [7, 11) is -2.98. The van der Waals surface area contributed by atoms with Crippen molar-refractivity contribution in [2.75, 3.05) is 27.2 Å². The van der Waals surface area contributed by atoms with Crippen LogP contribution in [0.5, 0.6) is 0 Å². The van der Waals surface area contributed by atoms with E-state index >= 15 is 0 Å². The minimum absolute atomic E-state index is 0.0230. The molecule has 2 unspecified atom stereocenters. The highest BCUT2D eigenvalue weighted by atomic mass is 32.2. The van der Waals surface area contributed by atoms with Gasteiger partial charge >= 0.3 is 27.7 Å². The highest BCUT2D eigenvalue weighted by Crippen LogP contribution is 2.34. The van der Waals surface area contributed by atoms with E-state index in [-0.39, 0.29) is 25.1 Å². The number of hydrogen-bond donors (Lipinski definition) is 0. The number of esters is 1. The van der Waals surface area contributed by atoms with Gasteiger partial charge in [-0.1, -0.05) is 0 Å². The molecule has 0 spiro atoms. The summed E-state index contributed by atoms with van der Waals surface area (Å²) >= 11 is 0. The Morgan fingerprint density at radius 1 is 1.23 bits per heavy atom. The Kier molecular flexibility index (Phi) is 8.40. The van der Waals surface area contributed by atoms with E-state index in [2.05, 4.69) is 4.18 Å². The standard InChI is InChI=1S/C18H29F3N2O7S/c1-8-28-15(24)14-11(2)23(7)12(10-22(6)16(25)29-17(3,4)5)9-13(14)30-31(26,27)18(19,20)21/h11-12H,8-10H2,1-7H3. The van der Waals surface area contributed by atoms with Gasteiger partial charge in [-0.25, -0.2) is 9.59 Å². The molecule has 0 aromatic carbocycles. The van der Waals surface area contributed by atoms with Gasteiger partial charge in [0.15, 0.2) is 0 Å². The first kappa shape index (κ1) is 27.0. The third kappa shape index (κ3) is 6.99. The van der Waals surface area contributed by atoms with Crippen molar-refractivity contribution < 1.29 is 44.8 Å². The number of carbonyl (C=O) groups is 2. The van der Waals surface area contributed by atoms with Crippen molar-refractivity contribution in [2.24, 2.45) is 0 Å². The molecule has 0 radical (unpaired) electrons. The first-order chi connectivity index (χ1) is 13.9. The predicted molar refractivity (Wildman–Crippen MR) is 104 cm³/mol. The lowest BCUT2D eigenvalue weighted by Gasteiger charge is -2.40. The number of amides is 1. The lowest BCUT2D eigenvalue weighted by molar-refractivity contribution is -0.140. The molecule has 0 saturated carbocycles. The van der Waals surface area contributed by atoms with Crippen LogP contribution in [-0.4, -0.2) is 80.7 Å². The molecule has 13 heteroatoms. The smallest absolute Gasteiger partial charge is 0.462 e. The van der Waals surface area contributed by atoms with Gasteiger partial charge in [0.25, 0.3) is 0 Å². The number of likely N-dealkylation sites (N-methyl/N-ethyl adjacent to an activating group) is 2. The van der Waals surface area contributed by atoms with Crippen molar-refractivity contribution in [2.45, 2.75) is 64.2 Å². The third-order valence-electron chi connectivity index (χ3n) is 4.50. The lowest BCUT2D eigenvalue weighted by Crippen LogP contribution is -2.52. The van der Waals surface area contributed by atoms with E-state index in [0.29, 0.717) is 0 Å². The lowest BCUT2D eigenvalue weighted by atomic mass is 9.94. The van der Waals surface area contributed by atoms with Gasteiger partial charge in [-0.2, -0.15) is 21.6 Å². The second-order valence-electron chi connectivity index (χ2n) is 8.10. The van der Waals surface area contributed by atoms with E-state index in [9.17, 15) is 31.2 Å². The highest BCUT2D eigenvalue weighted by molar-refractivity contribution is 7.87. The fourth-order valence-electron chi connectivity index (χ4n) is 2.90. The van der Waals surface area contributed by atoms with Crippen LogP contribution in [0.3, 0.4) is 0 Å². The molecule has 0 fully saturated rings. The summed E-state index contributed by atoms with van der Waals surface area (Å²) in [5.74, 6) is -1.64. The zero-order chi connectivity index (χ0) is 24.4. The fourth-order valence-corrected chi connectivity index (χ4v) is 3.41. The fraction of sp³-hybridized carbons (Fsp3) is 0.778. The molecule has 1 aliphatic rings. The molecule has 0 aliphatic carbocycles. The summed E-state index contributed by atoms with van der Waals surface area (Å²) in [6, 6.07) is -1.51. The molecular weight excluding hydrogens is 445 g/mol. The molecule has 9 nitrogen and oxygen atoms in total. The second kappa shape index (κ2) is 9.63. The maximum atomic E-state index is 12.9. The summed E-state index contributed by atoms with van der Waals surface area (Å²) in [4.78, 5) is 27.4. The maximum absolute atomic E-state index is 12.9. The Morgan fingerprint density at radius 2 is 1.77 bits per heavy atom. The van der Waals surface area contributed by atoms with E-state index in [1.165, 1.54) is 25.8 Å². The summed E-state index contributed by atoms with van der Waals surface area (Å²) in [5.41, 5.74) is -6.76. The van der Waals surface area contributed by atoms with Gasteiger partial charge < -0.3 is 18.6 Å². The average molecular weight is 474 g/mol. The molecule has 0 aromatic heterocycles. The molecule has 180 valence electrons. The van der Waals surface area contributed by atoms with Crippen molar-refractivity contribution in [3.8, 4) is 0 Å². The van der Waals surface area contributed by atoms with Crippen LogP contribution >= 0.6 is 0 Å². The summed E-state index contributed by atoms with van der Waals surface area (Å²) in [6.07, 6.45) is -1.05. The van der Waals surface area contributed by atoms with Gasteiger partial charge in [0.05, 0.1) is 12.2 Å². The van der Waals surface area contributed by atoms with E-state index in [4.69, 9.17) is 9.47 Å². The van der Waals surface area contributed by atoms with Crippen LogP contribution in [0.1, 0.15) is 41.0 Å². The number of rotatable bonds is 6. The highest BCUT2D eigenvalue weighted by Gasteiger charge is 2.50. The first-order valence-corrected chi connectivity index (χ1v) is 10.9. The van der Waals surface area contributed by atoms with Gasteiger partial charge in [-0.05, 0) is 41.7 Å². The second-order valence-corrected chi connectivity index (χ2v) is 9.64. The SMILES string of the molecule is CCOC(=O)C1=C(OS(=O)(=O)C(F)(F)F)CC(CN(C)C(=O)OC(C)(C)C)N(C)C1C. The van der Waals surface area contributed by atoms with E-state index in [0.717, 1.165) is 0 Å². The van der Waals surface area contributed by atoms with E-state index in [1.807, 2.05) is 0 Å². The molecule has 1 amide bonds. The minimum Gasteiger partial charge on any atom is -0.462 e. The number of carbonyl (C=O) groups excluding carboxylic acids is 2. The molecule has 1 rings (SSSR count). The minimum atomic E-state index is -6.00. The van der Waals surface area contributed by atoms with Crippen molar-refractivity contribution in [1.29, 1.82) is 0 Å². The van der Waals surface area contributed by atoms with Crippen molar-refractivity contribution in [3.63, 3.8) is 0 Å². The molecule has 31 heavy (non-hydrogen) atoms. The zero-order valence-corrected chi connectivity index (χ0v) is 19.4. The van der Waals surface area contributed by atoms with Gasteiger partial charge in [0.1, 0.15) is 11.4 Å². The molecule has 0 N–H and O–H groups in total. The zero-order valence-electron chi connectivity index (χ0n) is 18.6. The number of nitrogens with zero attached hydrogens (tertiary/aromatic N) is 2. The number of halogens is 3. The van der Waals surface area contributed by atoms with Crippen LogP contribution in [0.25, 0.3) is 0 Å². The number of hydrogen-bond acceptors (Lipinski definition) is 8. The van der Waals surface area contributed by atoms with Crippen LogP contribution < -0.4 is 0 Å². The van der Waals surface area contributed by atoms with Crippen LogP contribution in [0.4, 0.5) is 18.0 Å². The van der Waals surface area contributed by atoms with Crippen LogP contribution in [0, 0.1) is 0 Å². The molecular formula is C18H29F3N2O7S. The molecule has 1 aliphatic heterocycles. The van der Waals surface area contributed by atoms with E-state index in [1.54, 1.807) is 32.7 Å². The Labute approximate surface area is 180 Å². The largest absolute Gasteiger partial charge is 0.534 e. The summed E-state index contributed by atoms with van der Waals surface area (Å²) in [6.45, 7) is 7.94. The maximum Gasteiger partial charge on any atom is 0.534 e. The first-order valence-electron chi connectivity index (χ1n) is 9.48. The average Bonchev–Trinajstić information content (AvgIpc) is 2.56. The van der Waals surface area contributed by atoms with Gasteiger partial charge in [0.2, 0.25) is 0 Å². The topological polar surface area (TPSA) is 102 Å². The third-order valence-corrected chi connectivity index (χ3v) is 5.49. The van der Waals surface area contributed by atoms with Gasteiger partial charge in [-0.3, -0.25) is 4.90 Å². The van der Waals surface area contributed by atoms with E-state index < -0.39 is 51.1 Å².